The third-order valence-corrected chi connectivity index (χ3v) is 13.0. The minimum atomic E-state index is -3.14. The fourth-order valence-corrected chi connectivity index (χ4v) is 9.48. The molecular formula is C30H46O4S. The van der Waals surface area contributed by atoms with Crippen molar-refractivity contribution in [3.05, 3.63) is 47.1 Å². The number of hydrogen-bond acceptors (Lipinski definition) is 4. The Kier molecular flexibility index (Phi) is 7.14. The summed E-state index contributed by atoms with van der Waals surface area (Å²) < 4.78 is 25.2. The molecule has 3 fully saturated rings. The van der Waals surface area contributed by atoms with E-state index in [0.717, 1.165) is 56.1 Å². The predicted octanol–water partition coefficient (Wildman–Crippen LogP) is 6.21. The van der Waals surface area contributed by atoms with Gasteiger partial charge in [-0.05, 0) is 107 Å². The molecule has 0 saturated heterocycles. The second-order valence-corrected chi connectivity index (χ2v) is 16.1. The van der Waals surface area contributed by atoms with E-state index in [1.165, 1.54) is 17.6 Å². The Hall–Kier alpha value is -1.17. The standard InChI is InChI=1S/C30H46O4S/c1-20(13-15-30(16-17-30)35(33,34)28(3,4)5)25-11-12-26-22(8-7-14-29(25,26)6)9-10-23-18-24(31)19-27(32)21(23)2/h9-11,20,24,26-27,31-32H,2,7-8,12-19H2,1,3-6H3/b22-9+,23-10-. The van der Waals surface area contributed by atoms with Crippen LogP contribution >= 0.6 is 0 Å². The van der Waals surface area contributed by atoms with Crippen molar-refractivity contribution in [3.63, 3.8) is 0 Å². The van der Waals surface area contributed by atoms with Crippen LogP contribution in [0.15, 0.2) is 47.1 Å². The van der Waals surface area contributed by atoms with Crippen molar-refractivity contribution in [1.29, 1.82) is 0 Å². The average Bonchev–Trinajstić information content (AvgIpc) is 3.48. The van der Waals surface area contributed by atoms with Crippen LogP contribution in [0.5, 0.6) is 0 Å². The highest BCUT2D eigenvalue weighted by Crippen LogP contribution is 2.58. The summed E-state index contributed by atoms with van der Waals surface area (Å²) in [4.78, 5) is 0. The van der Waals surface area contributed by atoms with Gasteiger partial charge in [-0.25, -0.2) is 8.42 Å². The maximum Gasteiger partial charge on any atom is 0.160 e. The molecule has 0 heterocycles. The lowest BCUT2D eigenvalue weighted by atomic mass is 9.62. The van der Waals surface area contributed by atoms with Crippen LogP contribution in [0.3, 0.4) is 0 Å². The van der Waals surface area contributed by atoms with Crippen LogP contribution in [0.2, 0.25) is 0 Å². The number of aliphatic hydroxyl groups excluding tert-OH is 2. The summed E-state index contributed by atoms with van der Waals surface area (Å²) in [7, 11) is -3.14. The molecule has 5 unspecified atom stereocenters. The molecule has 4 aliphatic carbocycles. The van der Waals surface area contributed by atoms with Gasteiger partial charge < -0.3 is 10.2 Å². The second-order valence-electron chi connectivity index (χ2n) is 13.0. The SMILES string of the molecule is C=C1/C(=C\C=C2/CCCC3(C)C(C(C)CCC4(S(=O)(=O)C(C)(C)C)CC4)=CCC23)CC(O)CC1O. The van der Waals surface area contributed by atoms with Gasteiger partial charge in [-0.3, -0.25) is 0 Å². The van der Waals surface area contributed by atoms with E-state index in [9.17, 15) is 18.6 Å². The van der Waals surface area contributed by atoms with Crippen LogP contribution in [-0.4, -0.2) is 40.3 Å². The van der Waals surface area contributed by atoms with E-state index in [2.05, 4.69) is 38.7 Å². The lowest BCUT2D eigenvalue weighted by molar-refractivity contribution is 0.0862. The van der Waals surface area contributed by atoms with E-state index in [-0.39, 0.29) is 5.41 Å². The summed E-state index contributed by atoms with van der Waals surface area (Å²) in [5, 5.41) is 20.3. The smallest absolute Gasteiger partial charge is 0.160 e. The molecule has 196 valence electrons. The first-order chi connectivity index (χ1) is 16.2. The predicted molar refractivity (Wildman–Crippen MR) is 144 cm³/mol. The van der Waals surface area contributed by atoms with Gasteiger partial charge >= 0.3 is 0 Å². The van der Waals surface area contributed by atoms with E-state index in [4.69, 9.17) is 0 Å². The summed E-state index contributed by atoms with van der Waals surface area (Å²) in [5.74, 6) is 0.865. The van der Waals surface area contributed by atoms with Crippen molar-refractivity contribution < 1.29 is 18.6 Å². The van der Waals surface area contributed by atoms with Crippen molar-refractivity contribution in [2.75, 3.05) is 0 Å². The summed E-state index contributed by atoms with van der Waals surface area (Å²) in [5.41, 5.74) is 4.82. The van der Waals surface area contributed by atoms with Crippen LogP contribution in [0.1, 0.15) is 98.8 Å². The monoisotopic (exact) mass is 502 g/mol. The first-order valence-electron chi connectivity index (χ1n) is 13.6. The molecule has 2 N–H and O–H groups in total. The molecule has 5 atom stereocenters. The second kappa shape index (κ2) is 9.29. The van der Waals surface area contributed by atoms with Crippen molar-refractivity contribution in [2.45, 2.75) is 121 Å². The van der Waals surface area contributed by atoms with E-state index >= 15 is 0 Å². The Morgan fingerprint density at radius 3 is 2.51 bits per heavy atom. The highest BCUT2D eigenvalue weighted by atomic mass is 32.2. The summed E-state index contributed by atoms with van der Waals surface area (Å²) in [6, 6.07) is 0. The van der Waals surface area contributed by atoms with Gasteiger partial charge in [-0.2, -0.15) is 0 Å². The highest BCUT2D eigenvalue weighted by molar-refractivity contribution is 7.94. The van der Waals surface area contributed by atoms with E-state index < -0.39 is 31.5 Å². The Labute approximate surface area is 213 Å². The molecule has 0 amide bonds. The molecular weight excluding hydrogens is 456 g/mol. The zero-order chi connectivity index (χ0) is 25.8. The molecule has 0 aromatic heterocycles. The molecule has 4 aliphatic rings. The van der Waals surface area contributed by atoms with Crippen LogP contribution in [0.4, 0.5) is 0 Å². The van der Waals surface area contributed by atoms with E-state index in [0.29, 0.717) is 24.7 Å². The largest absolute Gasteiger partial charge is 0.393 e. The zero-order valence-electron chi connectivity index (χ0n) is 22.4. The Bertz CT molecular complexity index is 1050. The number of fused-ring (bicyclic) bond motifs is 1. The molecule has 4 rings (SSSR count). The third kappa shape index (κ3) is 4.78. The van der Waals surface area contributed by atoms with Gasteiger partial charge in [0.05, 0.1) is 21.7 Å². The maximum atomic E-state index is 13.2. The quantitative estimate of drug-likeness (QED) is 0.424. The van der Waals surface area contributed by atoms with Crippen LogP contribution in [0.25, 0.3) is 0 Å². The van der Waals surface area contributed by atoms with Gasteiger partial charge in [0.25, 0.3) is 0 Å². The van der Waals surface area contributed by atoms with Gasteiger partial charge in [0.15, 0.2) is 9.84 Å². The van der Waals surface area contributed by atoms with Gasteiger partial charge in [0.1, 0.15) is 0 Å². The fourth-order valence-electron chi connectivity index (χ4n) is 7.16. The van der Waals surface area contributed by atoms with Crippen LogP contribution in [-0.2, 0) is 9.84 Å². The van der Waals surface area contributed by atoms with Crippen molar-refractivity contribution in [3.8, 4) is 0 Å². The Morgan fingerprint density at radius 2 is 1.89 bits per heavy atom. The van der Waals surface area contributed by atoms with Gasteiger partial charge in [0, 0.05) is 6.42 Å². The molecule has 3 saturated carbocycles. The Morgan fingerprint density at radius 1 is 1.20 bits per heavy atom. The highest BCUT2D eigenvalue weighted by Gasteiger charge is 2.58. The summed E-state index contributed by atoms with van der Waals surface area (Å²) in [6.45, 7) is 14.3. The molecule has 0 aliphatic heterocycles. The minimum Gasteiger partial charge on any atom is -0.393 e. The van der Waals surface area contributed by atoms with Crippen molar-refractivity contribution >= 4 is 9.84 Å². The minimum absolute atomic E-state index is 0.129. The number of rotatable bonds is 6. The maximum absolute atomic E-state index is 13.2. The normalized spacial score (nSPS) is 36.3. The topological polar surface area (TPSA) is 74.6 Å². The van der Waals surface area contributed by atoms with Crippen molar-refractivity contribution in [2.24, 2.45) is 17.3 Å². The lowest BCUT2D eigenvalue weighted by Gasteiger charge is -2.43. The summed E-state index contributed by atoms with van der Waals surface area (Å²) >= 11 is 0. The average molecular weight is 503 g/mol. The molecule has 0 aromatic carbocycles. The van der Waals surface area contributed by atoms with E-state index in [1.807, 2.05) is 20.8 Å². The first kappa shape index (κ1) is 26.9. The van der Waals surface area contributed by atoms with Crippen molar-refractivity contribution in [1.82, 2.24) is 0 Å². The first-order valence-corrected chi connectivity index (χ1v) is 15.1. The van der Waals surface area contributed by atoms with Gasteiger partial charge in [-0.1, -0.05) is 49.8 Å². The molecule has 35 heavy (non-hydrogen) atoms. The van der Waals surface area contributed by atoms with Crippen LogP contribution in [0, 0.1) is 17.3 Å². The third-order valence-electron chi connectivity index (χ3n) is 9.62. The number of hydrogen-bond donors (Lipinski definition) is 2. The number of aliphatic hydroxyl groups is 2. The molecule has 0 radical (unpaired) electrons. The summed E-state index contributed by atoms with van der Waals surface area (Å²) in [6.07, 6.45) is 14.3. The molecule has 0 spiro atoms. The lowest BCUT2D eigenvalue weighted by Crippen LogP contribution is -2.39. The van der Waals surface area contributed by atoms with E-state index in [1.54, 1.807) is 0 Å². The number of allylic oxidation sites excluding steroid dienone is 5. The molecule has 4 nitrogen and oxygen atoms in total. The zero-order valence-corrected chi connectivity index (χ0v) is 23.3. The fraction of sp³-hybridized carbons (Fsp3) is 0.733. The Balaban J connectivity index is 1.47. The molecule has 0 bridgehead atoms. The van der Waals surface area contributed by atoms with Crippen LogP contribution < -0.4 is 0 Å². The number of sulfone groups is 1. The molecule has 0 aromatic rings. The van der Waals surface area contributed by atoms with Gasteiger partial charge in [-0.15, -0.1) is 0 Å². The molecule has 5 heteroatoms. The van der Waals surface area contributed by atoms with Gasteiger partial charge in [0.2, 0.25) is 0 Å².